The molecule has 0 saturated carbocycles. The Hall–Kier alpha value is -3.17. The van der Waals surface area contributed by atoms with E-state index in [9.17, 15) is 4.79 Å². The second kappa shape index (κ2) is 9.76. The van der Waals surface area contributed by atoms with Crippen molar-refractivity contribution in [1.82, 2.24) is 15.3 Å². The number of aromatic nitrogens is 2. The second-order valence-corrected chi connectivity index (χ2v) is 7.76. The van der Waals surface area contributed by atoms with E-state index >= 15 is 0 Å². The van der Waals surface area contributed by atoms with Gasteiger partial charge in [0, 0.05) is 42.3 Å². The van der Waals surface area contributed by atoms with Gasteiger partial charge in [0.25, 0.3) is 5.91 Å². The van der Waals surface area contributed by atoms with Crippen molar-refractivity contribution in [2.45, 2.75) is 6.54 Å². The van der Waals surface area contributed by atoms with Crippen LogP contribution in [-0.2, 0) is 11.3 Å². The van der Waals surface area contributed by atoms with Crippen molar-refractivity contribution in [1.29, 1.82) is 0 Å². The van der Waals surface area contributed by atoms with Crippen LogP contribution in [0.5, 0.6) is 11.5 Å². The number of carbonyl (C=O) groups excluding carboxylic acids is 1. The maximum Gasteiger partial charge on any atom is 0.271 e. The van der Waals surface area contributed by atoms with Gasteiger partial charge in [-0.05, 0) is 30.3 Å². The van der Waals surface area contributed by atoms with Gasteiger partial charge in [0.1, 0.15) is 28.0 Å². The minimum atomic E-state index is -0.241. The van der Waals surface area contributed by atoms with Crippen LogP contribution in [-0.4, -0.2) is 56.4 Å². The first-order valence-electron chi connectivity index (χ1n) is 9.91. The number of hydrogen-bond acceptors (Lipinski definition) is 8. The van der Waals surface area contributed by atoms with Gasteiger partial charge in [-0.1, -0.05) is 0 Å². The number of nitrogens with one attached hydrogen (secondary N) is 1. The van der Waals surface area contributed by atoms with Gasteiger partial charge in [0.2, 0.25) is 0 Å². The van der Waals surface area contributed by atoms with Gasteiger partial charge in [0.15, 0.2) is 0 Å². The van der Waals surface area contributed by atoms with Gasteiger partial charge >= 0.3 is 0 Å². The monoisotopic (exact) mass is 440 g/mol. The highest BCUT2D eigenvalue weighted by atomic mass is 32.1. The van der Waals surface area contributed by atoms with Gasteiger partial charge in [-0.2, -0.15) is 0 Å². The summed E-state index contributed by atoms with van der Waals surface area (Å²) in [5.41, 5.74) is 2.15. The molecule has 1 aromatic carbocycles. The fourth-order valence-electron chi connectivity index (χ4n) is 3.31. The van der Waals surface area contributed by atoms with Crippen LogP contribution in [0.4, 0.5) is 5.82 Å². The summed E-state index contributed by atoms with van der Waals surface area (Å²) >= 11 is 1.43. The largest absolute Gasteiger partial charge is 0.497 e. The molecule has 162 valence electrons. The molecule has 0 radical (unpaired) electrons. The number of benzene rings is 1. The Morgan fingerprint density at radius 3 is 2.81 bits per heavy atom. The van der Waals surface area contributed by atoms with Crippen LogP contribution in [0.25, 0.3) is 10.6 Å². The van der Waals surface area contributed by atoms with E-state index in [1.165, 1.54) is 11.3 Å². The highest BCUT2D eigenvalue weighted by molar-refractivity contribution is 7.13. The van der Waals surface area contributed by atoms with Crippen LogP contribution >= 0.6 is 11.3 Å². The lowest BCUT2D eigenvalue weighted by Crippen LogP contribution is -2.36. The Balaban J connectivity index is 1.45. The molecule has 0 spiro atoms. The number of carbonyl (C=O) groups is 1. The van der Waals surface area contributed by atoms with Crippen LogP contribution in [0.2, 0.25) is 0 Å². The highest BCUT2D eigenvalue weighted by Crippen LogP contribution is 2.27. The fourth-order valence-corrected chi connectivity index (χ4v) is 4.11. The normalized spacial score (nSPS) is 13.7. The van der Waals surface area contributed by atoms with Crippen molar-refractivity contribution in [3.63, 3.8) is 0 Å². The molecule has 2 aromatic heterocycles. The molecule has 4 rings (SSSR count). The van der Waals surface area contributed by atoms with E-state index in [-0.39, 0.29) is 5.91 Å². The summed E-state index contributed by atoms with van der Waals surface area (Å²) in [5, 5.41) is 5.45. The molecule has 0 aliphatic carbocycles. The van der Waals surface area contributed by atoms with Crippen LogP contribution < -0.4 is 19.7 Å². The molecule has 31 heavy (non-hydrogen) atoms. The number of thiazole rings is 1. The Morgan fingerprint density at radius 1 is 1.19 bits per heavy atom. The number of methoxy groups -OCH3 is 2. The lowest BCUT2D eigenvalue weighted by Gasteiger charge is -2.27. The smallest absolute Gasteiger partial charge is 0.271 e. The third-order valence-corrected chi connectivity index (χ3v) is 5.88. The molecule has 1 aliphatic heterocycles. The number of ether oxygens (including phenoxy) is 3. The summed E-state index contributed by atoms with van der Waals surface area (Å²) < 4.78 is 16.0. The molecule has 1 fully saturated rings. The van der Waals surface area contributed by atoms with Crippen molar-refractivity contribution in [3.05, 3.63) is 53.2 Å². The lowest BCUT2D eigenvalue weighted by molar-refractivity contribution is 0.0946. The van der Waals surface area contributed by atoms with Gasteiger partial charge in [-0.25, -0.2) is 9.97 Å². The molecular weight excluding hydrogens is 416 g/mol. The number of nitrogens with zero attached hydrogens (tertiary/aromatic N) is 3. The molecule has 3 aromatic rings. The van der Waals surface area contributed by atoms with Gasteiger partial charge < -0.3 is 24.4 Å². The first-order valence-corrected chi connectivity index (χ1v) is 10.8. The maximum absolute atomic E-state index is 12.7. The fraction of sp³-hybridized carbons (Fsp3) is 0.318. The molecule has 1 aliphatic rings. The lowest BCUT2D eigenvalue weighted by atomic mass is 10.2. The van der Waals surface area contributed by atoms with E-state index in [2.05, 4.69) is 20.2 Å². The quantitative estimate of drug-likeness (QED) is 0.604. The van der Waals surface area contributed by atoms with Crippen molar-refractivity contribution in [3.8, 4) is 22.1 Å². The summed E-state index contributed by atoms with van der Waals surface area (Å²) in [4.78, 5) is 23.9. The number of morpholine rings is 1. The molecular formula is C22H24N4O4S. The Morgan fingerprint density at radius 2 is 2.03 bits per heavy atom. The second-order valence-electron chi connectivity index (χ2n) is 6.90. The SMILES string of the molecule is COc1ccc(OC)c(CNC(=O)c2csc(-c3ccnc(N4CCOCC4)c3)n2)c1. The zero-order valence-electron chi connectivity index (χ0n) is 17.5. The molecule has 1 N–H and O–H groups in total. The van der Waals surface area contributed by atoms with Crippen molar-refractivity contribution < 1.29 is 19.0 Å². The van der Waals surface area contributed by atoms with Crippen LogP contribution in [0, 0.1) is 0 Å². The first kappa shape index (κ1) is 21.1. The zero-order chi connectivity index (χ0) is 21.6. The third-order valence-electron chi connectivity index (χ3n) is 4.99. The topological polar surface area (TPSA) is 85.8 Å². The molecule has 0 unspecified atom stereocenters. The van der Waals surface area contributed by atoms with Crippen LogP contribution in [0.1, 0.15) is 16.1 Å². The standard InChI is InChI=1S/C22H24N4O4S/c1-28-17-3-4-19(29-2)16(11-17)13-24-21(27)18-14-31-22(25-18)15-5-6-23-20(12-15)26-7-9-30-10-8-26/h3-6,11-12,14H,7-10,13H2,1-2H3,(H,24,27). The maximum atomic E-state index is 12.7. The van der Waals surface area contributed by atoms with E-state index < -0.39 is 0 Å². The first-order chi connectivity index (χ1) is 15.2. The average Bonchev–Trinajstić information content (AvgIpc) is 3.33. The Kier molecular flexibility index (Phi) is 6.63. The molecule has 1 amide bonds. The molecule has 0 bridgehead atoms. The zero-order valence-corrected chi connectivity index (χ0v) is 18.3. The molecule has 1 saturated heterocycles. The number of rotatable bonds is 7. The predicted octanol–water partition coefficient (Wildman–Crippen LogP) is 2.99. The van der Waals surface area contributed by atoms with E-state index in [1.807, 2.05) is 30.3 Å². The van der Waals surface area contributed by atoms with Gasteiger partial charge in [0.05, 0.1) is 27.4 Å². The van der Waals surface area contributed by atoms with Crippen molar-refractivity contribution in [2.75, 3.05) is 45.4 Å². The highest BCUT2D eigenvalue weighted by Gasteiger charge is 2.16. The van der Waals surface area contributed by atoms with E-state index in [1.54, 1.807) is 25.8 Å². The van der Waals surface area contributed by atoms with E-state index in [0.29, 0.717) is 37.0 Å². The van der Waals surface area contributed by atoms with Crippen LogP contribution in [0.3, 0.4) is 0 Å². The summed E-state index contributed by atoms with van der Waals surface area (Å²) in [5.74, 6) is 2.05. The van der Waals surface area contributed by atoms with Crippen LogP contribution in [0.15, 0.2) is 41.9 Å². The summed E-state index contributed by atoms with van der Waals surface area (Å²) in [6, 6.07) is 9.39. The van der Waals surface area contributed by atoms with Crippen molar-refractivity contribution >= 4 is 23.1 Å². The van der Waals surface area contributed by atoms with Gasteiger partial charge in [-0.3, -0.25) is 4.79 Å². The minimum absolute atomic E-state index is 0.241. The molecule has 0 atom stereocenters. The predicted molar refractivity (Wildman–Crippen MR) is 119 cm³/mol. The van der Waals surface area contributed by atoms with Crippen molar-refractivity contribution in [2.24, 2.45) is 0 Å². The Labute approximate surface area is 184 Å². The van der Waals surface area contributed by atoms with Gasteiger partial charge in [-0.15, -0.1) is 11.3 Å². The summed E-state index contributed by atoms with van der Waals surface area (Å²) in [6.07, 6.45) is 1.77. The molecule has 8 nitrogen and oxygen atoms in total. The number of hydrogen-bond donors (Lipinski definition) is 1. The molecule has 3 heterocycles. The number of pyridine rings is 1. The Bertz CT molecular complexity index is 1050. The molecule has 9 heteroatoms. The van der Waals surface area contributed by atoms with E-state index in [0.717, 1.165) is 35.0 Å². The minimum Gasteiger partial charge on any atom is -0.497 e. The summed E-state index contributed by atoms with van der Waals surface area (Å²) in [7, 11) is 3.20. The number of anilines is 1. The number of amides is 1. The summed E-state index contributed by atoms with van der Waals surface area (Å²) in [6.45, 7) is 3.34. The van der Waals surface area contributed by atoms with E-state index in [4.69, 9.17) is 14.2 Å². The average molecular weight is 441 g/mol. The third kappa shape index (κ3) is 4.95.